The molecular formula is C31H50N4O6S. The number of hydrogen-bond donors (Lipinski definition) is 3. The number of amides is 3. The molecule has 2 aliphatic rings. The number of carbonyl (C=O) groups is 3. The van der Waals surface area contributed by atoms with Gasteiger partial charge in [0, 0.05) is 12.3 Å². The SMILES string of the molecule is CC(C)C(NC(=O)C[C@@H]1O[C@@H]1[C@H](Cc1ccccc1)NC(=O)[C@@H](NC(=O)CN1CCCC1)C(C)(C)S(C)(=O)=O)C(C)C. The van der Waals surface area contributed by atoms with Crippen LogP contribution in [0.2, 0.25) is 0 Å². The van der Waals surface area contributed by atoms with Gasteiger partial charge in [0.1, 0.15) is 12.1 Å². The third kappa shape index (κ3) is 9.25. The zero-order chi connectivity index (χ0) is 31.2. The van der Waals surface area contributed by atoms with E-state index < -0.39 is 44.6 Å². The molecule has 0 unspecified atom stereocenters. The van der Waals surface area contributed by atoms with Gasteiger partial charge >= 0.3 is 0 Å². The summed E-state index contributed by atoms with van der Waals surface area (Å²) in [6, 6.07) is 7.77. The molecule has 10 nitrogen and oxygen atoms in total. The molecule has 0 radical (unpaired) electrons. The van der Waals surface area contributed by atoms with Gasteiger partial charge in [-0.1, -0.05) is 58.0 Å². The normalized spacial score (nSPS) is 20.9. The first kappa shape index (κ1) is 34.0. The third-order valence-corrected chi connectivity index (χ3v) is 10.7. The van der Waals surface area contributed by atoms with Crippen LogP contribution in [0, 0.1) is 11.8 Å². The molecule has 4 atom stereocenters. The topological polar surface area (TPSA) is 137 Å². The standard InChI is InChI=1S/C31H50N4O6S/c1-20(2)27(21(3)4)33-25(36)18-24-28(41-24)23(17-22-13-9-8-10-14-22)32-30(38)29(31(5,6)42(7,39)40)34-26(37)19-35-15-11-12-16-35/h8-10,13-14,20-21,23-24,27-29H,11-12,15-19H2,1-7H3,(H,32,38)(H,33,36)(H,34,37)/t23-,24-,28+,29+/m0/s1. The second-order valence-electron chi connectivity index (χ2n) is 13.1. The number of nitrogens with zero attached hydrogens (tertiary/aromatic N) is 1. The van der Waals surface area contributed by atoms with E-state index in [2.05, 4.69) is 43.6 Å². The fourth-order valence-corrected chi connectivity index (χ4v) is 6.30. The highest BCUT2D eigenvalue weighted by atomic mass is 32.2. The summed E-state index contributed by atoms with van der Waals surface area (Å²) < 4.78 is 30.0. The number of nitrogens with one attached hydrogen (secondary N) is 3. The van der Waals surface area contributed by atoms with Crippen LogP contribution in [-0.2, 0) is 35.4 Å². The Bertz CT molecular complexity index is 1170. The van der Waals surface area contributed by atoms with Gasteiger partial charge in [-0.05, 0) is 63.6 Å². The van der Waals surface area contributed by atoms with Crippen LogP contribution in [0.5, 0.6) is 0 Å². The first-order valence-electron chi connectivity index (χ1n) is 15.1. The van der Waals surface area contributed by atoms with Crippen molar-refractivity contribution in [2.24, 2.45) is 11.8 Å². The molecule has 3 rings (SSSR count). The molecule has 2 fully saturated rings. The van der Waals surface area contributed by atoms with Crippen LogP contribution in [0.3, 0.4) is 0 Å². The second-order valence-corrected chi connectivity index (χ2v) is 15.7. The molecule has 236 valence electrons. The van der Waals surface area contributed by atoms with Crippen molar-refractivity contribution in [3.8, 4) is 0 Å². The summed E-state index contributed by atoms with van der Waals surface area (Å²) in [4.78, 5) is 41.7. The largest absolute Gasteiger partial charge is 0.367 e. The number of ether oxygens (including phenoxy) is 1. The van der Waals surface area contributed by atoms with E-state index >= 15 is 0 Å². The van der Waals surface area contributed by atoms with Crippen molar-refractivity contribution < 1.29 is 27.5 Å². The van der Waals surface area contributed by atoms with Gasteiger partial charge in [-0.2, -0.15) is 0 Å². The molecule has 0 bridgehead atoms. The van der Waals surface area contributed by atoms with Crippen LogP contribution >= 0.6 is 0 Å². The molecule has 11 heteroatoms. The minimum absolute atomic E-state index is 0.0395. The van der Waals surface area contributed by atoms with Gasteiger partial charge in [0.15, 0.2) is 9.84 Å². The quantitative estimate of drug-likeness (QED) is 0.260. The molecule has 0 spiro atoms. The minimum Gasteiger partial charge on any atom is -0.367 e. The number of sulfone groups is 1. The fourth-order valence-electron chi connectivity index (χ4n) is 5.71. The third-order valence-electron chi connectivity index (χ3n) is 8.58. The average molecular weight is 607 g/mol. The van der Waals surface area contributed by atoms with Gasteiger partial charge in [-0.25, -0.2) is 8.42 Å². The maximum atomic E-state index is 13.8. The van der Waals surface area contributed by atoms with Gasteiger partial charge in [-0.15, -0.1) is 0 Å². The number of rotatable bonds is 15. The highest BCUT2D eigenvalue weighted by Crippen LogP contribution is 2.31. The van der Waals surface area contributed by atoms with Crippen LogP contribution in [0.15, 0.2) is 30.3 Å². The molecule has 3 N–H and O–H groups in total. The summed E-state index contributed by atoms with van der Waals surface area (Å²) in [7, 11) is -3.74. The molecule has 2 saturated heterocycles. The summed E-state index contributed by atoms with van der Waals surface area (Å²) in [5.74, 6) is -0.531. The molecule has 1 aromatic carbocycles. The molecule has 2 heterocycles. The van der Waals surface area contributed by atoms with Crippen LogP contribution in [0.25, 0.3) is 0 Å². The van der Waals surface area contributed by atoms with E-state index in [1.54, 1.807) is 0 Å². The lowest BCUT2D eigenvalue weighted by molar-refractivity contribution is -0.130. The molecule has 0 saturated carbocycles. The Morgan fingerprint density at radius 2 is 1.55 bits per heavy atom. The predicted molar refractivity (Wildman–Crippen MR) is 163 cm³/mol. The smallest absolute Gasteiger partial charge is 0.244 e. The van der Waals surface area contributed by atoms with Crippen molar-refractivity contribution in [3.63, 3.8) is 0 Å². The number of likely N-dealkylation sites (tertiary alicyclic amines) is 1. The number of benzene rings is 1. The second kappa shape index (κ2) is 14.3. The van der Waals surface area contributed by atoms with Gasteiger partial charge in [0.2, 0.25) is 17.7 Å². The molecule has 0 aliphatic carbocycles. The van der Waals surface area contributed by atoms with Gasteiger partial charge in [0.25, 0.3) is 0 Å². The predicted octanol–water partition coefficient (Wildman–Crippen LogP) is 2.07. The van der Waals surface area contributed by atoms with Gasteiger partial charge in [0.05, 0.1) is 29.9 Å². The molecule has 42 heavy (non-hydrogen) atoms. The van der Waals surface area contributed by atoms with Crippen LogP contribution in [0.1, 0.15) is 66.4 Å². The minimum atomic E-state index is -3.74. The van der Waals surface area contributed by atoms with Crippen LogP contribution in [0.4, 0.5) is 0 Å². The molecule has 0 aromatic heterocycles. The lowest BCUT2D eigenvalue weighted by Crippen LogP contribution is -2.63. The highest BCUT2D eigenvalue weighted by molar-refractivity contribution is 7.92. The Kier molecular flexibility index (Phi) is 11.6. The summed E-state index contributed by atoms with van der Waals surface area (Å²) in [6.07, 6.45) is 2.84. The van der Waals surface area contributed by atoms with Crippen LogP contribution in [-0.4, -0.2) is 92.0 Å². The van der Waals surface area contributed by atoms with E-state index in [0.717, 1.165) is 37.8 Å². The Morgan fingerprint density at radius 1 is 0.952 bits per heavy atom. The molecular weight excluding hydrogens is 556 g/mol. The van der Waals surface area contributed by atoms with Crippen LogP contribution < -0.4 is 16.0 Å². The lowest BCUT2D eigenvalue weighted by Gasteiger charge is -2.33. The van der Waals surface area contributed by atoms with Crippen molar-refractivity contribution in [3.05, 3.63) is 35.9 Å². The van der Waals surface area contributed by atoms with E-state index in [0.29, 0.717) is 6.42 Å². The van der Waals surface area contributed by atoms with E-state index in [-0.39, 0.29) is 42.9 Å². The zero-order valence-electron chi connectivity index (χ0n) is 26.2. The van der Waals surface area contributed by atoms with E-state index in [1.807, 2.05) is 35.2 Å². The van der Waals surface area contributed by atoms with E-state index in [9.17, 15) is 22.8 Å². The number of carbonyl (C=O) groups excluding carboxylic acids is 3. The summed E-state index contributed by atoms with van der Waals surface area (Å²) >= 11 is 0. The maximum Gasteiger partial charge on any atom is 0.244 e. The monoisotopic (exact) mass is 606 g/mol. The van der Waals surface area contributed by atoms with Crippen molar-refractivity contribution in [1.82, 2.24) is 20.9 Å². The van der Waals surface area contributed by atoms with Crippen molar-refractivity contribution in [2.45, 2.75) is 102 Å². The summed E-state index contributed by atoms with van der Waals surface area (Å²) in [6.45, 7) is 12.9. The van der Waals surface area contributed by atoms with Crippen molar-refractivity contribution in [2.75, 3.05) is 25.9 Å². The molecule has 1 aromatic rings. The fraction of sp³-hybridized carbons (Fsp3) is 0.710. The maximum absolute atomic E-state index is 13.8. The van der Waals surface area contributed by atoms with E-state index in [1.165, 1.54) is 13.8 Å². The Balaban J connectivity index is 1.77. The zero-order valence-corrected chi connectivity index (χ0v) is 27.0. The molecule has 3 amide bonds. The van der Waals surface area contributed by atoms with E-state index in [4.69, 9.17) is 4.74 Å². The Hall–Kier alpha value is -2.50. The summed E-state index contributed by atoms with van der Waals surface area (Å²) in [5, 5.41) is 8.84. The number of epoxide rings is 1. The van der Waals surface area contributed by atoms with Gasteiger partial charge in [-0.3, -0.25) is 19.3 Å². The Labute approximate surface area is 251 Å². The van der Waals surface area contributed by atoms with Crippen molar-refractivity contribution >= 4 is 27.6 Å². The summed E-state index contributed by atoms with van der Waals surface area (Å²) in [5.41, 5.74) is 0.957. The Morgan fingerprint density at radius 3 is 2.10 bits per heavy atom. The first-order chi connectivity index (χ1) is 19.6. The average Bonchev–Trinajstić information content (AvgIpc) is 3.46. The molecule has 2 aliphatic heterocycles. The highest BCUT2D eigenvalue weighted by Gasteiger charge is 2.49. The lowest BCUT2D eigenvalue weighted by atomic mass is 9.93. The number of hydrogen-bond acceptors (Lipinski definition) is 7. The van der Waals surface area contributed by atoms with Gasteiger partial charge < -0.3 is 20.7 Å². The van der Waals surface area contributed by atoms with Crippen molar-refractivity contribution in [1.29, 1.82) is 0 Å². The first-order valence-corrected chi connectivity index (χ1v) is 17.0.